The zero-order valence-corrected chi connectivity index (χ0v) is 13.0. The van der Waals surface area contributed by atoms with Crippen LogP contribution in [0.15, 0.2) is 15.2 Å². The Kier molecular flexibility index (Phi) is 5.21. The third kappa shape index (κ3) is 3.56. The van der Waals surface area contributed by atoms with Gasteiger partial charge in [0.05, 0.1) is 9.35 Å². The summed E-state index contributed by atoms with van der Waals surface area (Å²) in [4.78, 5) is 14.3. The van der Waals surface area contributed by atoms with Crippen LogP contribution in [0.5, 0.6) is 0 Å². The highest BCUT2D eigenvalue weighted by atomic mass is 79.9. The number of piperidine rings is 1. The molecule has 1 fully saturated rings. The molecule has 0 bridgehead atoms. The Balaban J connectivity index is 1.97. The van der Waals surface area contributed by atoms with Crippen LogP contribution in [-0.4, -0.2) is 37.0 Å². The van der Waals surface area contributed by atoms with E-state index >= 15 is 0 Å². The highest BCUT2D eigenvalue weighted by Crippen LogP contribution is 2.22. The van der Waals surface area contributed by atoms with Crippen LogP contribution in [0.3, 0.4) is 0 Å². The number of halogens is 1. The van der Waals surface area contributed by atoms with Crippen LogP contribution >= 0.6 is 27.3 Å². The second-order valence-electron chi connectivity index (χ2n) is 4.68. The van der Waals surface area contributed by atoms with Gasteiger partial charge in [-0.25, -0.2) is 0 Å². The molecule has 1 aliphatic heterocycles. The van der Waals surface area contributed by atoms with E-state index in [9.17, 15) is 4.79 Å². The molecule has 0 saturated carbocycles. The fraction of sp³-hybridized carbons (Fsp3) is 0.615. The van der Waals surface area contributed by atoms with Crippen LogP contribution in [0.4, 0.5) is 0 Å². The first-order valence-corrected chi connectivity index (χ1v) is 8.12. The zero-order chi connectivity index (χ0) is 13.0. The van der Waals surface area contributed by atoms with Gasteiger partial charge in [0, 0.05) is 18.5 Å². The highest BCUT2D eigenvalue weighted by molar-refractivity contribution is 9.11. The van der Waals surface area contributed by atoms with Crippen molar-refractivity contribution >= 4 is 33.2 Å². The van der Waals surface area contributed by atoms with Gasteiger partial charge in [0.25, 0.3) is 5.91 Å². The van der Waals surface area contributed by atoms with Crippen molar-refractivity contribution in [1.82, 2.24) is 10.2 Å². The Labute approximate surface area is 121 Å². The predicted molar refractivity (Wildman–Crippen MR) is 79.2 cm³/mol. The molecule has 0 aromatic carbocycles. The first-order valence-electron chi connectivity index (χ1n) is 6.44. The number of amides is 1. The van der Waals surface area contributed by atoms with Crippen LogP contribution < -0.4 is 5.32 Å². The van der Waals surface area contributed by atoms with E-state index in [0.29, 0.717) is 5.92 Å². The van der Waals surface area contributed by atoms with Gasteiger partial charge in [-0.05, 0) is 60.8 Å². The maximum absolute atomic E-state index is 12.4. The molecule has 0 atom stereocenters. The van der Waals surface area contributed by atoms with Gasteiger partial charge in [-0.3, -0.25) is 4.79 Å². The van der Waals surface area contributed by atoms with Crippen LogP contribution in [0.25, 0.3) is 0 Å². The molecule has 1 saturated heterocycles. The third-order valence-corrected chi connectivity index (χ3v) is 4.93. The fourth-order valence-electron chi connectivity index (χ4n) is 2.34. The van der Waals surface area contributed by atoms with E-state index in [1.807, 2.05) is 16.3 Å². The van der Waals surface area contributed by atoms with Crippen LogP contribution in [0.1, 0.15) is 30.1 Å². The van der Waals surface area contributed by atoms with Crippen molar-refractivity contribution in [2.75, 3.05) is 26.2 Å². The van der Waals surface area contributed by atoms with Crippen molar-refractivity contribution in [3.63, 3.8) is 0 Å². The van der Waals surface area contributed by atoms with Gasteiger partial charge in [0.1, 0.15) is 0 Å². The summed E-state index contributed by atoms with van der Waals surface area (Å²) in [6.45, 7) is 5.90. The van der Waals surface area contributed by atoms with Crippen molar-refractivity contribution in [2.45, 2.75) is 19.8 Å². The maximum Gasteiger partial charge on any atom is 0.254 e. The van der Waals surface area contributed by atoms with E-state index in [2.05, 4.69) is 28.2 Å². The van der Waals surface area contributed by atoms with Crippen molar-refractivity contribution in [3.05, 3.63) is 20.8 Å². The van der Waals surface area contributed by atoms with Crippen LogP contribution in [0.2, 0.25) is 0 Å². The molecule has 5 heteroatoms. The molecule has 1 amide bonds. The molecule has 2 rings (SSSR count). The molecule has 1 N–H and O–H groups in total. The van der Waals surface area contributed by atoms with Crippen LogP contribution in [0, 0.1) is 5.92 Å². The van der Waals surface area contributed by atoms with E-state index < -0.39 is 0 Å². The summed E-state index contributed by atoms with van der Waals surface area (Å²) in [7, 11) is 0. The summed E-state index contributed by atoms with van der Waals surface area (Å²) in [6.07, 6.45) is 2.36. The van der Waals surface area contributed by atoms with E-state index in [1.54, 1.807) is 11.3 Å². The normalized spacial score (nSPS) is 16.8. The number of carbonyl (C=O) groups excluding carboxylic acids is 1. The lowest BCUT2D eigenvalue weighted by Gasteiger charge is -2.29. The number of carbonyl (C=O) groups is 1. The molecule has 2 heterocycles. The molecule has 100 valence electrons. The summed E-state index contributed by atoms with van der Waals surface area (Å²) in [5, 5.41) is 5.29. The summed E-state index contributed by atoms with van der Waals surface area (Å²) >= 11 is 4.98. The van der Waals surface area contributed by atoms with E-state index in [0.717, 1.165) is 35.5 Å². The monoisotopic (exact) mass is 330 g/mol. The Morgan fingerprint density at radius 2 is 2.28 bits per heavy atom. The highest BCUT2D eigenvalue weighted by Gasteiger charge is 2.21. The second-order valence-corrected chi connectivity index (χ2v) is 6.97. The Morgan fingerprint density at radius 3 is 2.83 bits per heavy atom. The maximum atomic E-state index is 12.4. The average Bonchev–Trinajstić information content (AvgIpc) is 2.83. The first-order chi connectivity index (χ1) is 8.70. The number of nitrogens with one attached hydrogen (secondary N) is 1. The van der Waals surface area contributed by atoms with Gasteiger partial charge in [0.2, 0.25) is 0 Å². The van der Waals surface area contributed by atoms with E-state index in [1.165, 1.54) is 12.8 Å². The minimum absolute atomic E-state index is 0.165. The SMILES string of the molecule is CCN(CC1CCNCC1)C(=O)c1csc(Br)c1. The molecule has 0 radical (unpaired) electrons. The molecule has 0 unspecified atom stereocenters. The predicted octanol–water partition coefficient (Wildman–Crippen LogP) is 2.97. The van der Waals surface area contributed by atoms with Gasteiger partial charge in [-0.2, -0.15) is 0 Å². The number of rotatable bonds is 4. The van der Waals surface area contributed by atoms with Crippen molar-refractivity contribution < 1.29 is 4.79 Å². The molecule has 3 nitrogen and oxygen atoms in total. The first kappa shape index (κ1) is 14.0. The minimum atomic E-state index is 0.165. The summed E-state index contributed by atoms with van der Waals surface area (Å²) in [5.74, 6) is 0.815. The van der Waals surface area contributed by atoms with Crippen molar-refractivity contribution in [3.8, 4) is 0 Å². The number of hydrogen-bond donors (Lipinski definition) is 1. The molecule has 0 aliphatic carbocycles. The lowest BCUT2D eigenvalue weighted by atomic mass is 9.97. The Morgan fingerprint density at radius 1 is 1.56 bits per heavy atom. The standard InChI is InChI=1S/C13H19BrN2OS/c1-2-16(8-10-3-5-15-6-4-10)13(17)11-7-12(14)18-9-11/h7,9-10,15H,2-6,8H2,1H3. The van der Waals surface area contributed by atoms with E-state index in [-0.39, 0.29) is 5.91 Å². The van der Waals surface area contributed by atoms with Gasteiger partial charge in [-0.15, -0.1) is 11.3 Å². The van der Waals surface area contributed by atoms with Crippen LogP contribution in [-0.2, 0) is 0 Å². The smallest absolute Gasteiger partial charge is 0.254 e. The zero-order valence-electron chi connectivity index (χ0n) is 10.6. The third-order valence-electron chi connectivity index (χ3n) is 3.42. The Bertz CT molecular complexity index is 401. The summed E-state index contributed by atoms with van der Waals surface area (Å²) in [5.41, 5.74) is 0.808. The quantitative estimate of drug-likeness (QED) is 0.920. The fourth-order valence-corrected chi connectivity index (χ4v) is 3.47. The largest absolute Gasteiger partial charge is 0.339 e. The minimum Gasteiger partial charge on any atom is -0.339 e. The van der Waals surface area contributed by atoms with Crippen molar-refractivity contribution in [2.24, 2.45) is 5.92 Å². The molecular weight excluding hydrogens is 312 g/mol. The molecule has 0 spiro atoms. The summed E-state index contributed by atoms with van der Waals surface area (Å²) < 4.78 is 1.02. The second kappa shape index (κ2) is 6.68. The van der Waals surface area contributed by atoms with Gasteiger partial charge >= 0.3 is 0 Å². The lowest BCUT2D eigenvalue weighted by Crippen LogP contribution is -2.39. The molecule has 1 aliphatic rings. The average molecular weight is 331 g/mol. The number of thiophene rings is 1. The number of nitrogens with zero attached hydrogens (tertiary/aromatic N) is 1. The lowest BCUT2D eigenvalue weighted by molar-refractivity contribution is 0.0727. The van der Waals surface area contributed by atoms with Crippen molar-refractivity contribution in [1.29, 1.82) is 0 Å². The molecule has 1 aromatic heterocycles. The van der Waals surface area contributed by atoms with Gasteiger partial charge in [0.15, 0.2) is 0 Å². The summed E-state index contributed by atoms with van der Waals surface area (Å²) in [6, 6.07) is 1.91. The topological polar surface area (TPSA) is 32.3 Å². The van der Waals surface area contributed by atoms with Gasteiger partial charge in [-0.1, -0.05) is 0 Å². The van der Waals surface area contributed by atoms with E-state index in [4.69, 9.17) is 0 Å². The molecular formula is C13H19BrN2OS. The molecule has 1 aromatic rings. The van der Waals surface area contributed by atoms with Gasteiger partial charge < -0.3 is 10.2 Å². The Hall–Kier alpha value is -0.390. The number of hydrogen-bond acceptors (Lipinski definition) is 3. The molecule has 18 heavy (non-hydrogen) atoms.